The van der Waals surface area contributed by atoms with Crippen LogP contribution in [0.4, 0.5) is 30.7 Å². The normalized spacial score (nSPS) is 14.6. The Kier molecular flexibility index (Phi) is 3.73. The largest absolute Gasteiger partial charge is 0.458 e. The van der Waals surface area contributed by atoms with E-state index in [-0.39, 0.29) is 0 Å². The predicted molar refractivity (Wildman–Crippen MR) is 28.9 cm³/mol. The van der Waals surface area contributed by atoms with Gasteiger partial charge >= 0.3 is 18.2 Å². The summed E-state index contributed by atoms with van der Waals surface area (Å²) in [6.45, 7) is -1.46. The van der Waals surface area contributed by atoms with E-state index in [1.807, 2.05) is 0 Å². The van der Waals surface area contributed by atoms with E-state index >= 15 is 0 Å². The number of alkyl halides is 7. The van der Waals surface area contributed by atoms with E-state index in [1.54, 1.807) is 0 Å². The van der Waals surface area contributed by atoms with Crippen molar-refractivity contribution in [2.24, 2.45) is 0 Å². The molecule has 0 fully saturated rings. The van der Waals surface area contributed by atoms with Crippen molar-refractivity contribution >= 4 is 0 Å². The topological polar surface area (TPSA) is 18.5 Å². The molecule has 0 aliphatic rings. The van der Waals surface area contributed by atoms with Gasteiger partial charge in [0.1, 0.15) is 0 Å². The van der Waals surface area contributed by atoms with Crippen LogP contribution in [0.1, 0.15) is 0 Å². The van der Waals surface area contributed by atoms with Crippen LogP contribution in [0.2, 0.25) is 0 Å². The van der Waals surface area contributed by atoms with E-state index in [4.69, 9.17) is 0 Å². The van der Waals surface area contributed by atoms with Crippen molar-refractivity contribution < 1.29 is 40.2 Å². The van der Waals surface area contributed by atoms with Gasteiger partial charge in [-0.2, -0.15) is 30.7 Å². The summed E-state index contributed by atoms with van der Waals surface area (Å²) in [7, 11) is 0.757. The molecule has 0 unspecified atom stereocenters. The van der Waals surface area contributed by atoms with E-state index < -0.39 is 25.0 Å². The van der Waals surface area contributed by atoms with Crippen molar-refractivity contribution in [1.82, 2.24) is 0 Å². The minimum atomic E-state index is -6.20. The van der Waals surface area contributed by atoms with E-state index in [1.165, 1.54) is 0 Å². The monoisotopic (exact) mass is 230 g/mol. The number of halogens is 7. The van der Waals surface area contributed by atoms with Crippen molar-refractivity contribution in [3.05, 3.63) is 0 Å². The van der Waals surface area contributed by atoms with E-state index in [0.29, 0.717) is 0 Å². The van der Waals surface area contributed by atoms with Crippen LogP contribution in [0, 0.1) is 0 Å². The zero-order valence-corrected chi connectivity index (χ0v) is 6.67. The van der Waals surface area contributed by atoms with Gasteiger partial charge in [0.25, 0.3) is 0 Å². The van der Waals surface area contributed by atoms with Gasteiger partial charge in [-0.15, -0.1) is 0 Å². The standard InChI is InChI=1S/C5H5F7O2/c1-13-2-14-3(6,4(7,8)9)5(10,11)12/h2H2,1H3. The van der Waals surface area contributed by atoms with Gasteiger partial charge in [0.05, 0.1) is 0 Å². The Hall–Kier alpha value is -0.570. The highest BCUT2D eigenvalue weighted by atomic mass is 19.4. The summed E-state index contributed by atoms with van der Waals surface area (Å²) in [5, 5.41) is 0. The van der Waals surface area contributed by atoms with Crippen LogP contribution in [-0.2, 0) is 9.47 Å². The predicted octanol–water partition coefficient (Wildman–Crippen LogP) is 2.40. The van der Waals surface area contributed by atoms with Crippen LogP contribution in [0.3, 0.4) is 0 Å². The molecule has 0 aliphatic carbocycles. The SMILES string of the molecule is COCOC(F)(C(F)(F)F)C(F)(F)F. The fraction of sp³-hybridized carbons (Fsp3) is 1.00. The lowest BCUT2D eigenvalue weighted by Crippen LogP contribution is -2.55. The molecule has 2 nitrogen and oxygen atoms in total. The van der Waals surface area contributed by atoms with Crippen LogP contribution >= 0.6 is 0 Å². The van der Waals surface area contributed by atoms with Crippen LogP contribution in [0.15, 0.2) is 0 Å². The molecule has 0 atom stereocenters. The number of hydrogen-bond donors (Lipinski definition) is 0. The Morgan fingerprint density at radius 2 is 1.21 bits per heavy atom. The molecule has 0 saturated heterocycles. The first-order valence-corrected chi connectivity index (χ1v) is 3.01. The average molecular weight is 230 g/mol. The maximum Gasteiger partial charge on any atom is 0.458 e. The molecule has 0 saturated carbocycles. The zero-order valence-electron chi connectivity index (χ0n) is 6.67. The second-order valence-electron chi connectivity index (χ2n) is 2.14. The second kappa shape index (κ2) is 3.89. The Labute approximate surface area is 73.6 Å². The highest BCUT2D eigenvalue weighted by Crippen LogP contribution is 2.46. The van der Waals surface area contributed by atoms with Gasteiger partial charge in [0.2, 0.25) is 0 Å². The summed E-state index contributed by atoms with van der Waals surface area (Å²) >= 11 is 0. The molecule has 0 spiro atoms. The highest BCUT2D eigenvalue weighted by molar-refractivity contribution is 4.85. The van der Waals surface area contributed by atoms with Gasteiger partial charge in [-0.3, -0.25) is 0 Å². The van der Waals surface area contributed by atoms with Gasteiger partial charge in [-0.05, 0) is 0 Å². The number of ether oxygens (including phenoxy) is 2. The molecule has 0 heterocycles. The Bertz CT molecular complexity index is 169. The van der Waals surface area contributed by atoms with Crippen molar-refractivity contribution in [2.45, 2.75) is 18.2 Å². The molecule has 9 heteroatoms. The minimum Gasteiger partial charge on any atom is -0.359 e. The number of methoxy groups -OCH3 is 1. The van der Waals surface area contributed by atoms with Gasteiger partial charge in [0.15, 0.2) is 6.79 Å². The van der Waals surface area contributed by atoms with E-state index in [2.05, 4.69) is 9.47 Å². The summed E-state index contributed by atoms with van der Waals surface area (Å²) in [4.78, 5) is 0. The lowest BCUT2D eigenvalue weighted by molar-refractivity contribution is -0.439. The molecule has 14 heavy (non-hydrogen) atoms. The third-order valence-electron chi connectivity index (χ3n) is 1.10. The Balaban J connectivity index is 4.87. The molecule has 0 aromatic carbocycles. The van der Waals surface area contributed by atoms with Crippen LogP contribution in [0.5, 0.6) is 0 Å². The maximum atomic E-state index is 12.4. The lowest BCUT2D eigenvalue weighted by Gasteiger charge is -2.28. The first-order valence-electron chi connectivity index (χ1n) is 3.01. The first kappa shape index (κ1) is 13.4. The molecule has 0 aromatic rings. The maximum absolute atomic E-state index is 12.4. The fourth-order valence-corrected chi connectivity index (χ4v) is 0.465. The van der Waals surface area contributed by atoms with Crippen molar-refractivity contribution in [3.8, 4) is 0 Å². The van der Waals surface area contributed by atoms with Crippen molar-refractivity contribution in [1.29, 1.82) is 0 Å². The summed E-state index contributed by atoms with van der Waals surface area (Å²) in [6, 6.07) is 0. The third-order valence-corrected chi connectivity index (χ3v) is 1.10. The van der Waals surface area contributed by atoms with Gasteiger partial charge in [0, 0.05) is 7.11 Å². The Morgan fingerprint density at radius 1 is 0.857 bits per heavy atom. The van der Waals surface area contributed by atoms with E-state index in [0.717, 1.165) is 7.11 Å². The molecule has 0 N–H and O–H groups in total. The first-order chi connectivity index (χ1) is 6.06. The molecule has 0 radical (unpaired) electrons. The molecule has 0 aromatic heterocycles. The lowest BCUT2D eigenvalue weighted by atomic mass is 10.3. The van der Waals surface area contributed by atoms with E-state index in [9.17, 15) is 30.7 Å². The van der Waals surface area contributed by atoms with Crippen molar-refractivity contribution in [2.75, 3.05) is 13.9 Å². The van der Waals surface area contributed by atoms with Crippen LogP contribution in [-0.4, -0.2) is 32.1 Å². The number of rotatable bonds is 3. The molecule has 0 bridgehead atoms. The summed E-state index contributed by atoms with van der Waals surface area (Å²) in [6.07, 6.45) is -12.4. The Morgan fingerprint density at radius 3 is 1.43 bits per heavy atom. The van der Waals surface area contributed by atoms with Crippen LogP contribution in [0.25, 0.3) is 0 Å². The molecule has 0 rings (SSSR count). The quantitative estimate of drug-likeness (QED) is 0.547. The number of hydrogen-bond acceptors (Lipinski definition) is 2. The third kappa shape index (κ3) is 2.47. The van der Waals surface area contributed by atoms with Crippen molar-refractivity contribution in [3.63, 3.8) is 0 Å². The molecular weight excluding hydrogens is 225 g/mol. The average Bonchev–Trinajstić information content (AvgIpc) is 1.95. The molecule has 0 amide bonds. The summed E-state index contributed by atoms with van der Waals surface area (Å²) in [5.41, 5.74) is 0. The zero-order chi connectivity index (χ0) is 11.6. The van der Waals surface area contributed by atoms with Gasteiger partial charge in [-0.25, -0.2) is 0 Å². The molecule has 86 valence electrons. The highest BCUT2D eigenvalue weighted by Gasteiger charge is 2.74. The molecule has 0 aliphatic heterocycles. The summed E-state index contributed by atoms with van der Waals surface area (Å²) in [5.74, 6) is -5.70. The van der Waals surface area contributed by atoms with Gasteiger partial charge < -0.3 is 9.47 Å². The van der Waals surface area contributed by atoms with Crippen LogP contribution < -0.4 is 0 Å². The molecular formula is C5H5F7O2. The minimum absolute atomic E-state index is 0.757. The second-order valence-corrected chi connectivity index (χ2v) is 2.14. The smallest absolute Gasteiger partial charge is 0.359 e. The fourth-order valence-electron chi connectivity index (χ4n) is 0.465. The summed E-state index contributed by atoms with van der Waals surface area (Å²) < 4.78 is 89.1. The van der Waals surface area contributed by atoms with Gasteiger partial charge in [-0.1, -0.05) is 0 Å².